The van der Waals surface area contributed by atoms with Gasteiger partial charge in [0.05, 0.1) is 26.9 Å². The van der Waals surface area contributed by atoms with E-state index in [-0.39, 0.29) is 5.91 Å². The summed E-state index contributed by atoms with van der Waals surface area (Å²) >= 11 is 12.3. The van der Waals surface area contributed by atoms with Crippen LogP contribution in [-0.4, -0.2) is 11.6 Å². The molecule has 0 unspecified atom stereocenters. The van der Waals surface area contributed by atoms with Crippen molar-refractivity contribution in [2.75, 3.05) is 0 Å². The lowest BCUT2D eigenvalue weighted by molar-refractivity contribution is -0.116. The molecule has 0 saturated heterocycles. The molecule has 0 radical (unpaired) electrons. The molecule has 0 bridgehead atoms. The lowest BCUT2D eigenvalue weighted by Gasteiger charge is -2.02. The number of nitrogens with zero attached hydrogens (tertiary/aromatic N) is 1. The fourth-order valence-corrected chi connectivity index (χ4v) is 2.61. The molecule has 0 fully saturated rings. The smallest absolute Gasteiger partial charge is 0.273 e. The first kappa shape index (κ1) is 13.9. The Morgan fingerprint density at radius 3 is 2.52 bits per heavy atom. The monoisotopic (exact) mass is 320 g/mol. The number of halogens is 2. The summed E-state index contributed by atoms with van der Waals surface area (Å²) < 4.78 is 5.71. The summed E-state index contributed by atoms with van der Waals surface area (Å²) in [4.78, 5) is 11.6. The summed E-state index contributed by atoms with van der Waals surface area (Å²) in [5, 5.41) is 4.87. The number of nitrogens with one attached hydrogen (secondary N) is 1. The van der Waals surface area contributed by atoms with Crippen molar-refractivity contribution in [2.45, 2.75) is 6.92 Å². The van der Waals surface area contributed by atoms with Crippen LogP contribution in [0, 0.1) is 0 Å². The van der Waals surface area contributed by atoms with Gasteiger partial charge in [0.25, 0.3) is 5.91 Å². The van der Waals surface area contributed by atoms with E-state index in [1.54, 1.807) is 43.3 Å². The van der Waals surface area contributed by atoms with Crippen molar-refractivity contribution >= 4 is 40.9 Å². The van der Waals surface area contributed by atoms with E-state index in [2.05, 4.69) is 10.5 Å². The lowest BCUT2D eigenvalue weighted by Crippen LogP contribution is -2.12. The molecule has 1 aromatic heterocycles. The normalized spacial score (nSPS) is 16.2. The Labute approximate surface area is 131 Å². The maximum absolute atomic E-state index is 11.6. The zero-order valence-electron chi connectivity index (χ0n) is 11.0. The number of hydrogen-bond acceptors (Lipinski definition) is 3. The second-order valence-corrected chi connectivity index (χ2v) is 5.31. The third-order valence-electron chi connectivity index (χ3n) is 3.08. The van der Waals surface area contributed by atoms with Crippen molar-refractivity contribution in [3.05, 3.63) is 51.7 Å². The van der Waals surface area contributed by atoms with E-state index >= 15 is 0 Å². The van der Waals surface area contributed by atoms with Crippen LogP contribution in [0.2, 0.25) is 10.0 Å². The molecule has 3 rings (SSSR count). The number of rotatable bonds is 2. The number of benzene rings is 1. The molecule has 6 heteroatoms. The molecule has 1 N–H and O–H groups in total. The maximum atomic E-state index is 11.6. The van der Waals surface area contributed by atoms with Crippen molar-refractivity contribution < 1.29 is 9.21 Å². The molecule has 1 amide bonds. The van der Waals surface area contributed by atoms with Crippen molar-refractivity contribution in [3.63, 3.8) is 0 Å². The average Bonchev–Trinajstić information content (AvgIpc) is 3.01. The first-order valence-electron chi connectivity index (χ1n) is 6.17. The third-order valence-corrected chi connectivity index (χ3v) is 3.71. The van der Waals surface area contributed by atoms with E-state index in [0.29, 0.717) is 38.4 Å². The number of carbonyl (C=O) groups excluding carboxylic acids is 1. The summed E-state index contributed by atoms with van der Waals surface area (Å²) in [5.74, 6) is 0.828. The van der Waals surface area contributed by atoms with Crippen LogP contribution in [0.3, 0.4) is 0 Å². The van der Waals surface area contributed by atoms with Crippen molar-refractivity contribution in [2.24, 2.45) is 5.10 Å². The van der Waals surface area contributed by atoms with Crippen LogP contribution >= 0.6 is 23.2 Å². The summed E-state index contributed by atoms with van der Waals surface area (Å²) in [6.07, 6.45) is 1.63. The van der Waals surface area contributed by atoms with Gasteiger partial charge in [0.15, 0.2) is 0 Å². The fraction of sp³-hybridized carbons (Fsp3) is 0.0667. The van der Waals surface area contributed by atoms with E-state index in [1.807, 2.05) is 0 Å². The van der Waals surface area contributed by atoms with Crippen LogP contribution in [-0.2, 0) is 4.79 Å². The van der Waals surface area contributed by atoms with Gasteiger partial charge in [-0.1, -0.05) is 29.3 Å². The van der Waals surface area contributed by atoms with E-state index in [0.717, 1.165) is 0 Å². The second kappa shape index (κ2) is 5.39. The summed E-state index contributed by atoms with van der Waals surface area (Å²) in [7, 11) is 0. The van der Waals surface area contributed by atoms with Gasteiger partial charge < -0.3 is 4.42 Å². The van der Waals surface area contributed by atoms with Gasteiger partial charge in [0.1, 0.15) is 11.5 Å². The first-order chi connectivity index (χ1) is 10.1. The number of furan rings is 1. The Balaban J connectivity index is 2.00. The Morgan fingerprint density at radius 1 is 1.19 bits per heavy atom. The predicted octanol–water partition coefficient (Wildman–Crippen LogP) is 4.14. The maximum Gasteiger partial charge on any atom is 0.273 e. The van der Waals surface area contributed by atoms with E-state index in [1.165, 1.54) is 0 Å². The summed E-state index contributed by atoms with van der Waals surface area (Å²) in [6, 6.07) is 8.76. The molecule has 0 spiro atoms. The Hall–Kier alpha value is -2.04. The van der Waals surface area contributed by atoms with E-state index < -0.39 is 0 Å². The highest BCUT2D eigenvalue weighted by molar-refractivity contribution is 6.39. The minimum absolute atomic E-state index is 0.249. The predicted molar refractivity (Wildman–Crippen MR) is 83.4 cm³/mol. The molecule has 1 aliphatic rings. The van der Waals surface area contributed by atoms with Crippen LogP contribution in [0.5, 0.6) is 0 Å². The third kappa shape index (κ3) is 2.60. The fourth-order valence-electron chi connectivity index (χ4n) is 2.03. The minimum Gasteiger partial charge on any atom is -0.457 e. The zero-order valence-corrected chi connectivity index (χ0v) is 12.5. The van der Waals surface area contributed by atoms with Crippen molar-refractivity contribution in [1.82, 2.24) is 5.43 Å². The van der Waals surface area contributed by atoms with E-state index in [4.69, 9.17) is 27.6 Å². The summed E-state index contributed by atoms with van der Waals surface area (Å²) in [6.45, 7) is 1.75. The topological polar surface area (TPSA) is 54.6 Å². The number of carbonyl (C=O) groups is 1. The molecule has 0 saturated carbocycles. The first-order valence-corrected chi connectivity index (χ1v) is 6.93. The second-order valence-electron chi connectivity index (χ2n) is 4.49. The van der Waals surface area contributed by atoms with E-state index in [9.17, 15) is 4.79 Å². The van der Waals surface area contributed by atoms with Crippen LogP contribution in [0.4, 0.5) is 0 Å². The van der Waals surface area contributed by atoms with Gasteiger partial charge >= 0.3 is 0 Å². The molecule has 106 valence electrons. The Morgan fingerprint density at radius 2 is 1.90 bits per heavy atom. The molecule has 21 heavy (non-hydrogen) atoms. The quantitative estimate of drug-likeness (QED) is 0.845. The highest BCUT2D eigenvalue weighted by atomic mass is 35.5. The summed E-state index contributed by atoms with van der Waals surface area (Å²) in [5.41, 5.74) is 4.12. The highest BCUT2D eigenvalue weighted by Crippen LogP contribution is 2.35. The molecular weight excluding hydrogens is 311 g/mol. The zero-order chi connectivity index (χ0) is 15.0. The van der Waals surface area contributed by atoms with Gasteiger partial charge in [-0.05, 0) is 37.3 Å². The van der Waals surface area contributed by atoms with Crippen LogP contribution in [0.1, 0.15) is 12.7 Å². The minimum atomic E-state index is -0.249. The molecule has 0 aliphatic carbocycles. The number of hydrogen-bond donors (Lipinski definition) is 1. The van der Waals surface area contributed by atoms with Crippen LogP contribution < -0.4 is 5.43 Å². The van der Waals surface area contributed by atoms with Gasteiger partial charge in [0.2, 0.25) is 0 Å². The van der Waals surface area contributed by atoms with Gasteiger partial charge in [-0.15, -0.1) is 0 Å². The SMILES string of the molecule is CC1=NNC(=O)/C1=C\c1ccc(-c2c(Cl)cccc2Cl)o1. The Kier molecular flexibility index (Phi) is 3.57. The van der Waals surface area contributed by atoms with Crippen molar-refractivity contribution in [3.8, 4) is 11.3 Å². The molecule has 0 atom stereocenters. The van der Waals surface area contributed by atoms with Crippen molar-refractivity contribution in [1.29, 1.82) is 0 Å². The molecule has 1 aliphatic heterocycles. The van der Waals surface area contributed by atoms with Crippen LogP contribution in [0.25, 0.3) is 17.4 Å². The van der Waals surface area contributed by atoms with Gasteiger partial charge in [0, 0.05) is 0 Å². The molecular formula is C15H10Cl2N2O2. The molecule has 2 aromatic rings. The Bertz CT molecular complexity index is 770. The molecule has 2 heterocycles. The van der Waals surface area contributed by atoms with Gasteiger partial charge in [-0.2, -0.15) is 5.10 Å². The average molecular weight is 321 g/mol. The van der Waals surface area contributed by atoms with Crippen LogP contribution in [0.15, 0.2) is 45.4 Å². The number of amides is 1. The standard InChI is InChI=1S/C15H10Cl2N2O2/c1-8-10(15(20)19-18-8)7-9-5-6-13(21-9)14-11(16)3-2-4-12(14)17/h2-7H,1H3,(H,19,20)/b10-7-. The number of hydrazone groups is 1. The largest absolute Gasteiger partial charge is 0.457 e. The molecule has 1 aromatic carbocycles. The highest BCUT2D eigenvalue weighted by Gasteiger charge is 2.19. The molecule has 4 nitrogen and oxygen atoms in total. The lowest BCUT2D eigenvalue weighted by atomic mass is 10.1. The van der Waals surface area contributed by atoms with Gasteiger partial charge in [-0.3, -0.25) is 4.79 Å². The van der Waals surface area contributed by atoms with Gasteiger partial charge in [-0.25, -0.2) is 5.43 Å².